The van der Waals surface area contributed by atoms with E-state index < -0.39 is 0 Å². The van der Waals surface area contributed by atoms with Gasteiger partial charge in [-0.1, -0.05) is 11.3 Å². The van der Waals surface area contributed by atoms with E-state index in [1.807, 2.05) is 6.07 Å². The average molecular weight is 344 g/mol. The number of fused-ring (bicyclic) bond motifs is 3. The Bertz CT molecular complexity index is 720. The lowest BCUT2D eigenvalue weighted by Crippen LogP contribution is -2.57. The monoisotopic (exact) mass is 344 g/mol. The summed E-state index contributed by atoms with van der Waals surface area (Å²) in [5, 5.41) is 13.1. The normalized spacial score (nSPS) is 25.4. The van der Waals surface area contributed by atoms with Crippen LogP contribution in [0.1, 0.15) is 22.5 Å². The number of amides is 1. The van der Waals surface area contributed by atoms with E-state index in [0.717, 1.165) is 6.54 Å². The minimum atomic E-state index is -0.0145. The molecule has 0 saturated carbocycles. The van der Waals surface area contributed by atoms with Crippen molar-refractivity contribution in [2.75, 3.05) is 19.6 Å². The smallest absolute Gasteiger partial charge is 0.261 e. The number of hydrogen-bond acceptors (Lipinski definition) is 5. The van der Waals surface area contributed by atoms with Gasteiger partial charge in [-0.2, -0.15) is 0 Å². The molecule has 2 N–H and O–H groups in total. The highest BCUT2D eigenvalue weighted by atomic mass is 32.1. The van der Waals surface area contributed by atoms with Crippen LogP contribution in [-0.4, -0.2) is 41.6 Å². The number of carbonyl (C=O) groups is 1. The third-order valence-corrected chi connectivity index (χ3v) is 5.79. The summed E-state index contributed by atoms with van der Waals surface area (Å²) in [6.45, 7) is 3.31. The summed E-state index contributed by atoms with van der Waals surface area (Å²) in [7, 11) is 0. The fourth-order valence-corrected chi connectivity index (χ4v) is 4.27. The molecule has 1 amide bonds. The molecule has 3 aliphatic rings. The van der Waals surface area contributed by atoms with Crippen LogP contribution in [0, 0.1) is 5.92 Å². The van der Waals surface area contributed by atoms with E-state index in [4.69, 9.17) is 4.74 Å². The molecule has 1 atom stereocenters. The van der Waals surface area contributed by atoms with Crippen LogP contribution in [0.3, 0.4) is 0 Å². The van der Waals surface area contributed by atoms with E-state index in [9.17, 15) is 9.90 Å². The SMILES string of the molecule is O=C(N[C@H]1CN2CCC1CC2)c1ccc(Oc2ccc(O)cc2)s1. The Hall–Kier alpha value is -2.05. The lowest BCUT2D eigenvalue weighted by Gasteiger charge is -2.44. The zero-order chi connectivity index (χ0) is 16.5. The molecular weight excluding hydrogens is 324 g/mol. The molecule has 3 saturated heterocycles. The molecule has 3 fully saturated rings. The third-order valence-electron chi connectivity index (χ3n) is 4.83. The molecule has 6 heteroatoms. The van der Waals surface area contributed by atoms with E-state index in [0.29, 0.717) is 21.6 Å². The van der Waals surface area contributed by atoms with Crippen LogP contribution < -0.4 is 10.1 Å². The Morgan fingerprint density at radius 3 is 2.58 bits per heavy atom. The summed E-state index contributed by atoms with van der Waals surface area (Å²) >= 11 is 1.34. The maximum atomic E-state index is 12.5. The number of phenolic OH excluding ortho intramolecular Hbond substituents is 1. The maximum absolute atomic E-state index is 12.5. The molecule has 5 rings (SSSR count). The third kappa shape index (κ3) is 3.25. The quantitative estimate of drug-likeness (QED) is 0.895. The maximum Gasteiger partial charge on any atom is 0.261 e. The van der Waals surface area contributed by atoms with Gasteiger partial charge in [-0.3, -0.25) is 4.79 Å². The van der Waals surface area contributed by atoms with E-state index in [2.05, 4.69) is 10.2 Å². The first-order valence-electron chi connectivity index (χ1n) is 8.27. The van der Waals surface area contributed by atoms with E-state index in [1.54, 1.807) is 30.3 Å². The highest BCUT2D eigenvalue weighted by molar-refractivity contribution is 7.15. The largest absolute Gasteiger partial charge is 0.508 e. The fraction of sp³-hybridized carbons (Fsp3) is 0.389. The minimum Gasteiger partial charge on any atom is -0.508 e. The number of phenols is 1. The van der Waals surface area contributed by atoms with Gasteiger partial charge in [-0.05, 0) is 68.2 Å². The highest BCUT2D eigenvalue weighted by Crippen LogP contribution is 2.31. The summed E-state index contributed by atoms with van der Waals surface area (Å²) in [4.78, 5) is 15.6. The summed E-state index contributed by atoms with van der Waals surface area (Å²) < 4.78 is 5.72. The van der Waals surface area contributed by atoms with Crippen LogP contribution in [0.2, 0.25) is 0 Å². The second-order valence-corrected chi connectivity index (χ2v) is 7.48. The molecule has 24 heavy (non-hydrogen) atoms. The number of rotatable bonds is 4. The molecule has 1 aromatic carbocycles. The van der Waals surface area contributed by atoms with Crippen molar-refractivity contribution in [2.45, 2.75) is 18.9 Å². The average Bonchev–Trinajstić information content (AvgIpc) is 3.07. The Kier molecular flexibility index (Phi) is 4.16. The first-order chi connectivity index (χ1) is 11.7. The lowest BCUT2D eigenvalue weighted by atomic mass is 9.84. The van der Waals surface area contributed by atoms with Crippen molar-refractivity contribution in [1.29, 1.82) is 0 Å². The van der Waals surface area contributed by atoms with Crippen LogP contribution in [0.5, 0.6) is 16.6 Å². The van der Waals surface area contributed by atoms with Crippen molar-refractivity contribution in [3.05, 3.63) is 41.3 Å². The Morgan fingerprint density at radius 1 is 1.17 bits per heavy atom. The van der Waals surface area contributed by atoms with Crippen molar-refractivity contribution in [3.8, 4) is 16.6 Å². The molecule has 5 nitrogen and oxygen atoms in total. The first-order valence-corrected chi connectivity index (χ1v) is 9.09. The van der Waals surface area contributed by atoms with E-state index in [-0.39, 0.29) is 17.7 Å². The molecule has 2 aromatic rings. The van der Waals surface area contributed by atoms with Crippen LogP contribution in [0.4, 0.5) is 0 Å². The summed E-state index contributed by atoms with van der Waals surface area (Å²) in [6.07, 6.45) is 2.37. The molecule has 3 aliphatic heterocycles. The molecule has 4 heterocycles. The zero-order valence-electron chi connectivity index (χ0n) is 13.3. The predicted octanol–water partition coefficient (Wildman–Crippen LogP) is 3.07. The van der Waals surface area contributed by atoms with Crippen LogP contribution >= 0.6 is 11.3 Å². The number of hydrogen-bond donors (Lipinski definition) is 2. The van der Waals surface area contributed by atoms with Crippen molar-refractivity contribution < 1.29 is 14.6 Å². The van der Waals surface area contributed by atoms with E-state index in [1.165, 1.54) is 37.3 Å². The zero-order valence-corrected chi connectivity index (χ0v) is 14.1. The molecule has 2 bridgehead atoms. The van der Waals surface area contributed by atoms with Gasteiger partial charge in [0.05, 0.1) is 4.88 Å². The standard InChI is InChI=1S/C18H20N2O3S/c21-13-1-3-14(4-2-13)23-17-6-5-16(24-17)18(22)19-15-11-20-9-7-12(15)8-10-20/h1-6,12,15,21H,7-11H2,(H,19,22)/t15-/m0/s1. The van der Waals surface area contributed by atoms with Gasteiger partial charge in [0.15, 0.2) is 5.06 Å². The van der Waals surface area contributed by atoms with Crippen molar-refractivity contribution in [1.82, 2.24) is 10.2 Å². The molecule has 126 valence electrons. The second kappa shape index (κ2) is 6.45. The summed E-state index contributed by atoms with van der Waals surface area (Å²) in [6, 6.07) is 10.4. The van der Waals surface area contributed by atoms with Crippen molar-refractivity contribution >= 4 is 17.2 Å². The number of ether oxygens (including phenoxy) is 1. The molecule has 1 aromatic heterocycles. The van der Waals surface area contributed by atoms with Gasteiger partial charge in [-0.25, -0.2) is 0 Å². The van der Waals surface area contributed by atoms with E-state index >= 15 is 0 Å². The molecule has 0 unspecified atom stereocenters. The molecular formula is C18H20N2O3S. The van der Waals surface area contributed by atoms with Crippen molar-refractivity contribution in [3.63, 3.8) is 0 Å². The van der Waals surface area contributed by atoms with Gasteiger partial charge in [0, 0.05) is 12.6 Å². The van der Waals surface area contributed by atoms with Gasteiger partial charge < -0.3 is 20.1 Å². The Labute approximate surface area is 144 Å². The Balaban J connectivity index is 1.39. The number of carbonyl (C=O) groups excluding carboxylic acids is 1. The van der Waals surface area contributed by atoms with Gasteiger partial charge in [0.1, 0.15) is 11.5 Å². The van der Waals surface area contributed by atoms with Crippen LogP contribution in [-0.2, 0) is 0 Å². The van der Waals surface area contributed by atoms with Gasteiger partial charge in [-0.15, -0.1) is 0 Å². The number of thiophene rings is 1. The Morgan fingerprint density at radius 2 is 1.92 bits per heavy atom. The first kappa shape index (κ1) is 15.5. The fourth-order valence-electron chi connectivity index (χ4n) is 3.50. The number of benzene rings is 1. The summed E-state index contributed by atoms with van der Waals surface area (Å²) in [5.74, 6) is 1.44. The number of piperidine rings is 3. The molecule has 0 spiro atoms. The van der Waals surface area contributed by atoms with Gasteiger partial charge in [0.25, 0.3) is 5.91 Å². The number of nitrogens with one attached hydrogen (secondary N) is 1. The topological polar surface area (TPSA) is 61.8 Å². The van der Waals surface area contributed by atoms with Crippen LogP contribution in [0.15, 0.2) is 36.4 Å². The second-order valence-electron chi connectivity index (χ2n) is 6.43. The molecule has 0 radical (unpaired) electrons. The summed E-state index contributed by atoms with van der Waals surface area (Å²) in [5.41, 5.74) is 0. The number of aromatic hydroxyl groups is 1. The lowest BCUT2D eigenvalue weighted by molar-refractivity contribution is 0.0622. The van der Waals surface area contributed by atoms with Crippen molar-refractivity contribution in [2.24, 2.45) is 5.92 Å². The predicted molar refractivity (Wildman–Crippen MR) is 92.9 cm³/mol. The van der Waals surface area contributed by atoms with Gasteiger partial charge in [0.2, 0.25) is 0 Å². The van der Waals surface area contributed by atoms with Crippen LogP contribution in [0.25, 0.3) is 0 Å². The van der Waals surface area contributed by atoms with Gasteiger partial charge >= 0.3 is 0 Å². The minimum absolute atomic E-state index is 0.0145. The highest BCUT2D eigenvalue weighted by Gasteiger charge is 2.35. The molecule has 0 aliphatic carbocycles. The number of nitrogens with zero attached hydrogens (tertiary/aromatic N) is 1.